The highest BCUT2D eigenvalue weighted by molar-refractivity contribution is 5.96. The number of hydrogen-bond donors (Lipinski definition) is 1. The minimum atomic E-state index is -0.415. The van der Waals surface area contributed by atoms with Crippen LogP contribution in [0.25, 0.3) is 0 Å². The van der Waals surface area contributed by atoms with Crippen LogP contribution in [0, 0.1) is 11.7 Å². The van der Waals surface area contributed by atoms with Gasteiger partial charge in [-0.25, -0.2) is 4.39 Å². The Kier molecular flexibility index (Phi) is 3.89. The molecule has 2 rings (SSSR count). The molecule has 1 aliphatic rings. The second kappa shape index (κ2) is 5.41. The number of halogens is 1. The van der Waals surface area contributed by atoms with Crippen molar-refractivity contribution in [2.24, 2.45) is 5.92 Å². The lowest BCUT2D eigenvalue weighted by Crippen LogP contribution is -2.38. The standard InChI is InChI=1S/C14H18FNO/c1-10-6-7-16-11(8-10)9-14(17)12-4-2-3-5-13(12)15/h2-5,10-11,16H,6-9H2,1H3. The smallest absolute Gasteiger partial charge is 0.167 e. The zero-order valence-corrected chi connectivity index (χ0v) is 10.1. The van der Waals surface area contributed by atoms with E-state index in [0.717, 1.165) is 19.4 Å². The molecule has 0 saturated carbocycles. The topological polar surface area (TPSA) is 29.1 Å². The van der Waals surface area contributed by atoms with E-state index in [9.17, 15) is 9.18 Å². The Morgan fingerprint density at radius 2 is 2.24 bits per heavy atom. The fourth-order valence-electron chi connectivity index (χ4n) is 2.40. The Hall–Kier alpha value is -1.22. The predicted molar refractivity (Wildman–Crippen MR) is 65.5 cm³/mol. The van der Waals surface area contributed by atoms with Crippen molar-refractivity contribution in [2.75, 3.05) is 6.54 Å². The van der Waals surface area contributed by atoms with Crippen LogP contribution in [0.1, 0.15) is 36.5 Å². The summed E-state index contributed by atoms with van der Waals surface area (Å²) in [6.07, 6.45) is 2.55. The number of Topliss-reactive ketones (excluding diaryl/α,β-unsaturated/α-hetero) is 1. The van der Waals surface area contributed by atoms with Crippen molar-refractivity contribution in [3.05, 3.63) is 35.6 Å². The SMILES string of the molecule is CC1CCNC(CC(=O)c2ccccc2F)C1. The van der Waals surface area contributed by atoms with E-state index in [2.05, 4.69) is 12.2 Å². The first-order valence-corrected chi connectivity index (χ1v) is 6.18. The third-order valence-corrected chi connectivity index (χ3v) is 3.36. The molecule has 0 aliphatic carbocycles. The Morgan fingerprint density at radius 1 is 1.47 bits per heavy atom. The number of carbonyl (C=O) groups is 1. The molecular weight excluding hydrogens is 217 g/mol. The fourth-order valence-corrected chi connectivity index (χ4v) is 2.40. The van der Waals surface area contributed by atoms with Crippen molar-refractivity contribution in [1.82, 2.24) is 5.32 Å². The van der Waals surface area contributed by atoms with Crippen molar-refractivity contribution in [3.8, 4) is 0 Å². The van der Waals surface area contributed by atoms with Gasteiger partial charge in [0.05, 0.1) is 5.56 Å². The monoisotopic (exact) mass is 235 g/mol. The van der Waals surface area contributed by atoms with Gasteiger partial charge >= 0.3 is 0 Å². The molecule has 0 aromatic heterocycles. The number of nitrogens with one attached hydrogen (secondary N) is 1. The second-order valence-electron chi connectivity index (χ2n) is 4.89. The van der Waals surface area contributed by atoms with E-state index in [4.69, 9.17) is 0 Å². The van der Waals surface area contributed by atoms with E-state index < -0.39 is 5.82 Å². The molecule has 2 nitrogen and oxygen atoms in total. The molecule has 0 amide bonds. The first-order valence-electron chi connectivity index (χ1n) is 6.18. The third-order valence-electron chi connectivity index (χ3n) is 3.36. The Morgan fingerprint density at radius 3 is 2.94 bits per heavy atom. The van der Waals surface area contributed by atoms with E-state index in [1.165, 1.54) is 6.07 Å². The average Bonchev–Trinajstić information content (AvgIpc) is 2.29. The van der Waals surface area contributed by atoms with Crippen molar-refractivity contribution in [3.63, 3.8) is 0 Å². The predicted octanol–water partition coefficient (Wildman–Crippen LogP) is 2.79. The molecule has 0 spiro atoms. The van der Waals surface area contributed by atoms with Gasteiger partial charge in [-0.3, -0.25) is 4.79 Å². The molecule has 1 saturated heterocycles. The molecular formula is C14H18FNO. The van der Waals surface area contributed by atoms with Gasteiger partial charge < -0.3 is 5.32 Å². The van der Waals surface area contributed by atoms with Gasteiger partial charge in [0.15, 0.2) is 5.78 Å². The number of hydrogen-bond acceptors (Lipinski definition) is 2. The summed E-state index contributed by atoms with van der Waals surface area (Å²) < 4.78 is 13.4. The van der Waals surface area contributed by atoms with Gasteiger partial charge in [0, 0.05) is 12.5 Å². The maximum atomic E-state index is 13.4. The van der Waals surface area contributed by atoms with Gasteiger partial charge in [0.2, 0.25) is 0 Å². The maximum Gasteiger partial charge on any atom is 0.167 e. The van der Waals surface area contributed by atoms with Crippen molar-refractivity contribution < 1.29 is 9.18 Å². The number of benzene rings is 1. The van der Waals surface area contributed by atoms with E-state index in [0.29, 0.717) is 12.3 Å². The third kappa shape index (κ3) is 3.13. The quantitative estimate of drug-likeness (QED) is 0.816. The molecule has 0 radical (unpaired) electrons. The van der Waals surface area contributed by atoms with Crippen LogP contribution in [0.2, 0.25) is 0 Å². The zero-order chi connectivity index (χ0) is 12.3. The minimum Gasteiger partial charge on any atom is -0.314 e. The highest BCUT2D eigenvalue weighted by Gasteiger charge is 2.22. The summed E-state index contributed by atoms with van der Waals surface area (Å²) in [6, 6.07) is 6.40. The summed E-state index contributed by atoms with van der Waals surface area (Å²) in [4.78, 5) is 12.0. The summed E-state index contributed by atoms with van der Waals surface area (Å²) in [7, 11) is 0. The van der Waals surface area contributed by atoms with Crippen LogP contribution in [0.15, 0.2) is 24.3 Å². The van der Waals surface area contributed by atoms with E-state index in [1.807, 2.05) is 0 Å². The van der Waals surface area contributed by atoms with Crippen molar-refractivity contribution in [1.29, 1.82) is 0 Å². The van der Waals surface area contributed by atoms with Crippen molar-refractivity contribution in [2.45, 2.75) is 32.2 Å². The fraction of sp³-hybridized carbons (Fsp3) is 0.500. The maximum absolute atomic E-state index is 13.4. The minimum absolute atomic E-state index is 0.102. The molecule has 1 heterocycles. The van der Waals surface area contributed by atoms with Crippen LogP contribution in [0.5, 0.6) is 0 Å². The molecule has 92 valence electrons. The summed E-state index contributed by atoms with van der Waals surface area (Å²) in [6.45, 7) is 3.15. The number of piperidine rings is 1. The lowest BCUT2D eigenvalue weighted by Gasteiger charge is -2.27. The largest absolute Gasteiger partial charge is 0.314 e. The number of rotatable bonds is 3. The first-order chi connectivity index (χ1) is 8.16. The Labute approximate surface area is 101 Å². The molecule has 3 heteroatoms. The Balaban J connectivity index is 1.99. The van der Waals surface area contributed by atoms with Crippen LogP contribution in [-0.2, 0) is 0 Å². The highest BCUT2D eigenvalue weighted by Crippen LogP contribution is 2.19. The second-order valence-corrected chi connectivity index (χ2v) is 4.89. The van der Waals surface area contributed by atoms with Gasteiger partial charge in [-0.1, -0.05) is 19.1 Å². The molecule has 1 N–H and O–H groups in total. The number of carbonyl (C=O) groups excluding carboxylic acids is 1. The molecule has 2 atom stereocenters. The van der Waals surface area contributed by atoms with Gasteiger partial charge in [0.1, 0.15) is 5.82 Å². The normalized spacial score (nSPS) is 24.6. The molecule has 0 bridgehead atoms. The number of ketones is 1. The molecule has 1 aliphatic heterocycles. The summed E-state index contributed by atoms with van der Waals surface area (Å²) in [5.74, 6) is 0.130. The van der Waals surface area contributed by atoms with Crippen LogP contribution < -0.4 is 5.32 Å². The highest BCUT2D eigenvalue weighted by atomic mass is 19.1. The Bertz CT molecular complexity index is 405. The lowest BCUT2D eigenvalue weighted by atomic mass is 9.90. The summed E-state index contributed by atoms with van der Waals surface area (Å²) >= 11 is 0. The molecule has 1 fully saturated rings. The molecule has 17 heavy (non-hydrogen) atoms. The van der Waals surface area contributed by atoms with E-state index >= 15 is 0 Å². The molecule has 1 aromatic carbocycles. The molecule has 2 unspecified atom stereocenters. The van der Waals surface area contributed by atoms with Crippen molar-refractivity contribution >= 4 is 5.78 Å². The summed E-state index contributed by atoms with van der Waals surface area (Å²) in [5.41, 5.74) is 0.215. The van der Waals surface area contributed by atoms with Gasteiger partial charge in [-0.2, -0.15) is 0 Å². The summed E-state index contributed by atoms with van der Waals surface area (Å²) in [5, 5.41) is 3.33. The van der Waals surface area contributed by atoms with E-state index in [-0.39, 0.29) is 17.4 Å². The van der Waals surface area contributed by atoms with Crippen LogP contribution in [0.4, 0.5) is 4.39 Å². The van der Waals surface area contributed by atoms with Crippen LogP contribution >= 0.6 is 0 Å². The van der Waals surface area contributed by atoms with Gasteiger partial charge in [-0.05, 0) is 37.4 Å². The van der Waals surface area contributed by atoms with Crippen LogP contribution in [-0.4, -0.2) is 18.4 Å². The van der Waals surface area contributed by atoms with Crippen LogP contribution in [0.3, 0.4) is 0 Å². The van der Waals surface area contributed by atoms with Gasteiger partial charge in [-0.15, -0.1) is 0 Å². The average molecular weight is 235 g/mol. The lowest BCUT2D eigenvalue weighted by molar-refractivity contribution is 0.0955. The van der Waals surface area contributed by atoms with Gasteiger partial charge in [0.25, 0.3) is 0 Å². The first kappa shape index (κ1) is 12.2. The van der Waals surface area contributed by atoms with E-state index in [1.54, 1.807) is 18.2 Å². The zero-order valence-electron chi connectivity index (χ0n) is 10.1. The molecule has 1 aromatic rings.